The Balaban J connectivity index is 1.93. The molecule has 0 aliphatic carbocycles. The molecule has 1 N–H and O–H groups in total. The Hall–Kier alpha value is -1.49. The molecule has 2 heterocycles. The zero-order valence-corrected chi connectivity index (χ0v) is 10.3. The minimum Gasteiger partial charge on any atom is -0.481 e. The highest BCUT2D eigenvalue weighted by Gasteiger charge is 2.17. The van der Waals surface area contributed by atoms with Crippen molar-refractivity contribution in [3.63, 3.8) is 0 Å². The van der Waals surface area contributed by atoms with Crippen LogP contribution >= 0.6 is 0 Å². The van der Waals surface area contributed by atoms with Gasteiger partial charge in [-0.2, -0.15) is 0 Å². The summed E-state index contributed by atoms with van der Waals surface area (Å²) in [6, 6.07) is 1.96. The molecule has 1 aliphatic rings. The topological polar surface area (TPSA) is 72.3 Å². The first kappa shape index (κ1) is 13.0. The zero-order valence-electron chi connectivity index (χ0n) is 10.3. The van der Waals surface area contributed by atoms with Crippen molar-refractivity contribution in [2.24, 2.45) is 0 Å². The Morgan fingerprint density at radius 1 is 1.44 bits per heavy atom. The third-order valence-electron chi connectivity index (χ3n) is 3.16. The van der Waals surface area contributed by atoms with Crippen LogP contribution in [0.1, 0.15) is 43.1 Å². The Bertz CT molecular complexity index is 403. The lowest BCUT2D eigenvalue weighted by Gasteiger charge is -2.21. The van der Waals surface area contributed by atoms with Gasteiger partial charge >= 0.3 is 5.97 Å². The van der Waals surface area contributed by atoms with E-state index in [9.17, 15) is 4.79 Å². The average molecular weight is 250 g/mol. The first-order valence-electron chi connectivity index (χ1n) is 6.37. The molecule has 0 amide bonds. The highest BCUT2D eigenvalue weighted by molar-refractivity contribution is 5.66. The predicted octanol–water partition coefficient (Wildman–Crippen LogP) is 1.78. The third-order valence-corrected chi connectivity index (χ3v) is 3.16. The summed E-state index contributed by atoms with van der Waals surface area (Å²) in [6.45, 7) is 1.59. The van der Waals surface area contributed by atoms with Crippen LogP contribution in [0.5, 0.6) is 0 Å². The number of carboxylic acids is 1. The van der Waals surface area contributed by atoms with Crippen molar-refractivity contribution in [1.29, 1.82) is 0 Å². The van der Waals surface area contributed by atoms with Crippen molar-refractivity contribution in [2.75, 3.05) is 13.2 Å². The highest BCUT2D eigenvalue weighted by Crippen LogP contribution is 2.24. The minimum absolute atomic E-state index is 0.171. The average Bonchev–Trinajstić information content (AvgIpc) is 2.40. The lowest BCUT2D eigenvalue weighted by Crippen LogP contribution is -2.16. The smallest absolute Gasteiger partial charge is 0.303 e. The van der Waals surface area contributed by atoms with Gasteiger partial charge in [0.25, 0.3) is 0 Å². The number of aryl methyl sites for hydroxylation is 1. The van der Waals surface area contributed by atoms with Gasteiger partial charge in [-0.15, -0.1) is 0 Å². The fourth-order valence-corrected chi connectivity index (χ4v) is 2.15. The van der Waals surface area contributed by atoms with Crippen LogP contribution < -0.4 is 0 Å². The number of ether oxygens (including phenoxy) is 1. The molecule has 0 aromatic carbocycles. The Morgan fingerprint density at radius 2 is 2.22 bits per heavy atom. The van der Waals surface area contributed by atoms with Gasteiger partial charge in [-0.05, 0) is 25.3 Å². The molecule has 0 spiro atoms. The number of hydrogen-bond acceptors (Lipinski definition) is 4. The van der Waals surface area contributed by atoms with Crippen LogP contribution in [0.25, 0.3) is 0 Å². The van der Waals surface area contributed by atoms with E-state index in [4.69, 9.17) is 9.84 Å². The summed E-state index contributed by atoms with van der Waals surface area (Å²) < 4.78 is 5.33. The molecule has 1 aromatic rings. The number of hydrogen-bond donors (Lipinski definition) is 1. The van der Waals surface area contributed by atoms with E-state index in [-0.39, 0.29) is 6.42 Å². The summed E-state index contributed by atoms with van der Waals surface area (Å²) in [5.41, 5.74) is 1.07. The number of aromatic nitrogens is 2. The first-order valence-corrected chi connectivity index (χ1v) is 6.37. The molecule has 1 aliphatic heterocycles. The molecule has 18 heavy (non-hydrogen) atoms. The molecule has 0 atom stereocenters. The van der Waals surface area contributed by atoms with E-state index in [1.54, 1.807) is 6.20 Å². The van der Waals surface area contributed by atoms with Crippen molar-refractivity contribution >= 4 is 5.97 Å². The minimum atomic E-state index is -0.768. The van der Waals surface area contributed by atoms with Gasteiger partial charge in [0.2, 0.25) is 0 Å². The van der Waals surface area contributed by atoms with Crippen LogP contribution in [-0.2, 0) is 16.0 Å². The van der Waals surface area contributed by atoms with Gasteiger partial charge in [-0.25, -0.2) is 9.97 Å². The number of aliphatic carboxylic acids is 1. The van der Waals surface area contributed by atoms with Crippen molar-refractivity contribution in [1.82, 2.24) is 9.97 Å². The number of carboxylic acid groups (broad SMARTS) is 1. The fourth-order valence-electron chi connectivity index (χ4n) is 2.15. The summed E-state index contributed by atoms with van der Waals surface area (Å²) in [7, 11) is 0. The number of carbonyl (C=O) groups is 1. The van der Waals surface area contributed by atoms with Crippen molar-refractivity contribution < 1.29 is 14.6 Å². The Morgan fingerprint density at radius 3 is 2.94 bits per heavy atom. The molecule has 5 heteroatoms. The molecule has 0 saturated carbocycles. The van der Waals surface area contributed by atoms with Crippen molar-refractivity contribution in [3.8, 4) is 0 Å². The Kier molecular flexibility index (Phi) is 4.64. The predicted molar refractivity (Wildman–Crippen MR) is 65.4 cm³/mol. The van der Waals surface area contributed by atoms with Gasteiger partial charge in [-0.1, -0.05) is 0 Å². The molecule has 1 saturated heterocycles. The molecule has 0 bridgehead atoms. The van der Waals surface area contributed by atoms with Gasteiger partial charge in [-0.3, -0.25) is 4.79 Å². The lowest BCUT2D eigenvalue weighted by molar-refractivity contribution is -0.137. The number of nitrogens with zero attached hydrogens (tertiary/aromatic N) is 2. The normalized spacial score (nSPS) is 16.7. The largest absolute Gasteiger partial charge is 0.481 e. The zero-order chi connectivity index (χ0) is 12.8. The quantitative estimate of drug-likeness (QED) is 0.862. The van der Waals surface area contributed by atoms with E-state index in [1.165, 1.54) is 0 Å². The van der Waals surface area contributed by atoms with Gasteiger partial charge < -0.3 is 9.84 Å². The molecule has 1 fully saturated rings. The van der Waals surface area contributed by atoms with Gasteiger partial charge in [0.15, 0.2) is 0 Å². The molecule has 5 nitrogen and oxygen atoms in total. The van der Waals surface area contributed by atoms with Crippen LogP contribution in [0.15, 0.2) is 12.3 Å². The molecule has 1 aromatic heterocycles. The highest BCUT2D eigenvalue weighted by atomic mass is 16.5. The second-order valence-corrected chi connectivity index (χ2v) is 4.53. The summed E-state index contributed by atoms with van der Waals surface area (Å²) in [6.07, 6.45) is 5.17. The SMILES string of the molecule is O=C(O)CCCc1nccc(C2CCOCC2)n1. The molecular formula is C13H18N2O3. The maximum atomic E-state index is 10.4. The van der Waals surface area contributed by atoms with E-state index in [1.807, 2.05) is 6.07 Å². The Labute approximate surface area is 106 Å². The summed E-state index contributed by atoms with van der Waals surface area (Å²) in [5.74, 6) is 0.441. The van der Waals surface area contributed by atoms with E-state index >= 15 is 0 Å². The summed E-state index contributed by atoms with van der Waals surface area (Å²) in [5, 5.41) is 8.60. The first-order chi connectivity index (χ1) is 8.75. The third kappa shape index (κ3) is 3.77. The van der Waals surface area contributed by atoms with Crippen LogP contribution in [0.2, 0.25) is 0 Å². The van der Waals surface area contributed by atoms with Crippen LogP contribution in [0, 0.1) is 0 Å². The van der Waals surface area contributed by atoms with Crippen molar-refractivity contribution in [2.45, 2.75) is 38.0 Å². The maximum absolute atomic E-state index is 10.4. The van der Waals surface area contributed by atoms with Crippen LogP contribution in [0.3, 0.4) is 0 Å². The molecule has 98 valence electrons. The van der Waals surface area contributed by atoms with Gasteiger partial charge in [0, 0.05) is 43.9 Å². The van der Waals surface area contributed by atoms with E-state index in [2.05, 4.69) is 9.97 Å². The lowest BCUT2D eigenvalue weighted by atomic mass is 9.96. The van der Waals surface area contributed by atoms with Crippen LogP contribution in [-0.4, -0.2) is 34.3 Å². The molecule has 2 rings (SSSR count). The standard InChI is InChI=1S/C13H18N2O3/c16-13(17)3-1-2-12-14-7-4-11(15-12)10-5-8-18-9-6-10/h4,7,10H,1-3,5-6,8-9H2,(H,16,17). The van der Waals surface area contributed by atoms with E-state index in [0.717, 1.165) is 37.6 Å². The van der Waals surface area contributed by atoms with Crippen LogP contribution in [0.4, 0.5) is 0 Å². The summed E-state index contributed by atoms with van der Waals surface area (Å²) >= 11 is 0. The molecule has 0 radical (unpaired) electrons. The van der Waals surface area contributed by atoms with Gasteiger partial charge in [0.05, 0.1) is 0 Å². The van der Waals surface area contributed by atoms with E-state index in [0.29, 0.717) is 18.8 Å². The molecule has 0 unspecified atom stereocenters. The molecular weight excluding hydrogens is 232 g/mol. The maximum Gasteiger partial charge on any atom is 0.303 e. The summed E-state index contributed by atoms with van der Waals surface area (Å²) in [4.78, 5) is 19.2. The number of rotatable bonds is 5. The van der Waals surface area contributed by atoms with Gasteiger partial charge in [0.1, 0.15) is 5.82 Å². The second kappa shape index (κ2) is 6.44. The fraction of sp³-hybridized carbons (Fsp3) is 0.615. The second-order valence-electron chi connectivity index (χ2n) is 4.53. The monoisotopic (exact) mass is 250 g/mol. The van der Waals surface area contributed by atoms with E-state index < -0.39 is 5.97 Å². The van der Waals surface area contributed by atoms with Crippen molar-refractivity contribution in [3.05, 3.63) is 23.8 Å².